The first-order chi connectivity index (χ1) is 28.6. The van der Waals surface area contributed by atoms with E-state index in [1.807, 2.05) is 36.4 Å². The van der Waals surface area contributed by atoms with Gasteiger partial charge in [-0.15, -0.1) is 0 Å². The van der Waals surface area contributed by atoms with Gasteiger partial charge in [-0.1, -0.05) is 25.0 Å². The summed E-state index contributed by atoms with van der Waals surface area (Å²) in [6.45, 7) is 5.30. The molecule has 5 aliphatic rings. The topological polar surface area (TPSA) is 204 Å². The summed E-state index contributed by atoms with van der Waals surface area (Å²) in [5, 5.41) is 17.4. The summed E-state index contributed by atoms with van der Waals surface area (Å²) in [6, 6.07) is 10.6. The fraction of sp³-hybridized carbons (Fsp3) is 0.535. The van der Waals surface area contributed by atoms with E-state index in [2.05, 4.69) is 15.4 Å². The fourth-order valence-corrected chi connectivity index (χ4v) is 9.70. The van der Waals surface area contributed by atoms with Crippen molar-refractivity contribution in [1.82, 2.24) is 25.2 Å². The molecule has 4 heterocycles. The van der Waals surface area contributed by atoms with Crippen molar-refractivity contribution in [3.05, 3.63) is 54.6 Å². The molecule has 16 nitrogen and oxygen atoms in total. The molecular formula is C43H53N5O11S. The van der Waals surface area contributed by atoms with E-state index in [0.717, 1.165) is 18.4 Å². The van der Waals surface area contributed by atoms with E-state index in [1.54, 1.807) is 46.1 Å². The number of pyridine rings is 1. The Bertz CT molecular complexity index is 2290. The maximum Gasteiger partial charge on any atom is 0.408 e. The number of rotatable bonds is 9. The number of nitrogens with one attached hydrogen (secondary N) is 3. The number of fused-ring (bicyclic) bond motifs is 4. The van der Waals surface area contributed by atoms with Crippen molar-refractivity contribution >= 4 is 38.8 Å². The number of benzene rings is 2. The molecule has 0 radical (unpaired) electrons. The summed E-state index contributed by atoms with van der Waals surface area (Å²) < 4.78 is 57.4. The van der Waals surface area contributed by atoms with Crippen LogP contribution in [0, 0.1) is 5.92 Å². The predicted octanol–water partition coefficient (Wildman–Crippen LogP) is 4.68. The van der Waals surface area contributed by atoms with Gasteiger partial charge in [0.1, 0.15) is 41.5 Å². The maximum absolute atomic E-state index is 14.7. The molecule has 3 aliphatic heterocycles. The van der Waals surface area contributed by atoms with Crippen molar-refractivity contribution in [1.29, 1.82) is 0 Å². The molecule has 0 spiro atoms. The molecule has 322 valence electrons. The number of hydrogen-bond donors (Lipinski definition) is 4. The van der Waals surface area contributed by atoms with Crippen LogP contribution in [0.5, 0.6) is 23.0 Å². The lowest BCUT2D eigenvalue weighted by Gasteiger charge is -2.31. The summed E-state index contributed by atoms with van der Waals surface area (Å²) in [6.07, 6.45) is 5.39. The first-order valence-electron chi connectivity index (χ1n) is 20.7. The van der Waals surface area contributed by atoms with Crippen LogP contribution in [0.4, 0.5) is 4.79 Å². The maximum atomic E-state index is 14.7. The van der Waals surface area contributed by atoms with Crippen LogP contribution in [-0.2, 0) is 24.3 Å². The van der Waals surface area contributed by atoms with Crippen molar-refractivity contribution < 1.29 is 51.6 Å². The van der Waals surface area contributed by atoms with Crippen molar-refractivity contribution in [2.24, 2.45) is 5.92 Å². The Morgan fingerprint density at radius 3 is 2.62 bits per heavy atom. The van der Waals surface area contributed by atoms with Gasteiger partial charge in [0.15, 0.2) is 11.5 Å². The second kappa shape index (κ2) is 16.4. The molecule has 60 heavy (non-hydrogen) atoms. The summed E-state index contributed by atoms with van der Waals surface area (Å²) in [7, 11) is -2.25. The summed E-state index contributed by atoms with van der Waals surface area (Å²) >= 11 is 0. The lowest BCUT2D eigenvalue weighted by Crippen LogP contribution is -2.60. The Kier molecular flexibility index (Phi) is 11.4. The highest BCUT2D eigenvalue weighted by Gasteiger charge is 2.61. The third-order valence-electron chi connectivity index (χ3n) is 11.7. The van der Waals surface area contributed by atoms with Gasteiger partial charge in [0.25, 0.3) is 0 Å². The van der Waals surface area contributed by atoms with Crippen molar-refractivity contribution in [3.63, 3.8) is 0 Å². The van der Waals surface area contributed by atoms with Crippen LogP contribution in [0.3, 0.4) is 0 Å². The van der Waals surface area contributed by atoms with Gasteiger partial charge >= 0.3 is 6.09 Å². The Morgan fingerprint density at radius 1 is 1.05 bits per heavy atom. The molecule has 1 unspecified atom stereocenters. The smallest absolute Gasteiger partial charge is 0.408 e. The molecule has 1 aromatic heterocycles. The molecule has 2 saturated carbocycles. The molecule has 0 bridgehead atoms. The van der Waals surface area contributed by atoms with Gasteiger partial charge in [-0.05, 0) is 89.6 Å². The Hall–Kier alpha value is -5.13. The number of ether oxygens (including phenoxy) is 5. The normalized spacial score (nSPS) is 26.8. The average Bonchev–Trinajstić information content (AvgIpc) is 4.08. The van der Waals surface area contributed by atoms with E-state index in [4.69, 9.17) is 28.7 Å². The second-order valence-corrected chi connectivity index (χ2v) is 19.3. The third kappa shape index (κ3) is 8.98. The van der Waals surface area contributed by atoms with Crippen LogP contribution in [0.15, 0.2) is 54.6 Å². The summed E-state index contributed by atoms with van der Waals surface area (Å²) in [5.74, 6) is 0.833. The zero-order valence-corrected chi connectivity index (χ0v) is 35.1. The van der Waals surface area contributed by atoms with E-state index in [9.17, 15) is 27.9 Å². The van der Waals surface area contributed by atoms with E-state index in [-0.39, 0.29) is 25.7 Å². The number of alkyl carbamates (subject to hydrolysis) is 1. The van der Waals surface area contributed by atoms with Crippen LogP contribution in [0.1, 0.15) is 78.6 Å². The predicted molar refractivity (Wildman–Crippen MR) is 220 cm³/mol. The van der Waals surface area contributed by atoms with E-state index in [1.165, 1.54) is 4.90 Å². The molecular weight excluding hydrogens is 795 g/mol. The molecule has 17 heteroatoms. The molecule has 3 amide bonds. The van der Waals surface area contributed by atoms with Gasteiger partial charge in [0.2, 0.25) is 28.6 Å². The van der Waals surface area contributed by atoms with Gasteiger partial charge in [-0.3, -0.25) is 9.59 Å². The molecule has 6 atom stereocenters. The molecule has 8 rings (SSSR count). The zero-order valence-electron chi connectivity index (χ0n) is 34.3. The van der Waals surface area contributed by atoms with Crippen LogP contribution in [0.25, 0.3) is 22.2 Å². The number of nitrogens with zero attached hydrogens (tertiary/aromatic N) is 2. The minimum absolute atomic E-state index is 0.0179. The monoisotopic (exact) mass is 847 g/mol. The SMILES string of the molecule is COc1ccc2c(O[C@@H]3C[C@H]4C(=O)N[C@]5(C(O)NS(=O)(=O)C6CC6)C[C@H]5/C=C\CCCCC[C@H](NC(=O)OC(C)(C)C)C(=O)N4C3)cc(-c3ccc4c(c3)OCO4)nc2c1. The number of allylic oxidation sites excluding steroid dienone is 1. The zero-order chi connectivity index (χ0) is 42.4. The van der Waals surface area contributed by atoms with E-state index in [0.29, 0.717) is 78.1 Å². The third-order valence-corrected chi connectivity index (χ3v) is 13.6. The van der Waals surface area contributed by atoms with Crippen LogP contribution < -0.4 is 34.3 Å². The van der Waals surface area contributed by atoms with Crippen molar-refractivity contribution in [2.75, 3.05) is 20.4 Å². The first kappa shape index (κ1) is 41.6. The van der Waals surface area contributed by atoms with E-state index >= 15 is 0 Å². The highest BCUT2D eigenvalue weighted by molar-refractivity contribution is 7.90. The van der Waals surface area contributed by atoms with Gasteiger partial charge in [-0.25, -0.2) is 18.2 Å². The number of carbonyl (C=O) groups excluding carboxylic acids is 3. The van der Waals surface area contributed by atoms with Crippen molar-refractivity contribution in [3.8, 4) is 34.3 Å². The van der Waals surface area contributed by atoms with Crippen LogP contribution in [-0.4, -0.2) is 103 Å². The lowest BCUT2D eigenvalue weighted by atomic mass is 10.0. The lowest BCUT2D eigenvalue weighted by molar-refractivity contribution is -0.141. The van der Waals surface area contributed by atoms with Crippen molar-refractivity contribution in [2.45, 2.75) is 119 Å². The van der Waals surface area contributed by atoms with Crippen LogP contribution >= 0.6 is 0 Å². The molecule has 3 aromatic rings. The molecule has 2 aliphatic carbocycles. The summed E-state index contributed by atoms with van der Waals surface area (Å²) in [5.41, 5.74) is -0.253. The molecule has 1 saturated heterocycles. The Morgan fingerprint density at radius 2 is 1.85 bits per heavy atom. The molecule has 3 fully saturated rings. The minimum atomic E-state index is -3.82. The highest BCUT2D eigenvalue weighted by atomic mass is 32.2. The van der Waals surface area contributed by atoms with Gasteiger partial charge in [0, 0.05) is 35.4 Å². The highest BCUT2D eigenvalue weighted by Crippen LogP contribution is 2.48. The fourth-order valence-electron chi connectivity index (χ4n) is 8.23. The second-order valence-electron chi connectivity index (χ2n) is 17.3. The number of aliphatic hydroxyl groups excluding tert-OH is 1. The van der Waals surface area contributed by atoms with Crippen LogP contribution in [0.2, 0.25) is 0 Å². The van der Waals surface area contributed by atoms with Gasteiger partial charge < -0.3 is 44.3 Å². The van der Waals surface area contributed by atoms with Gasteiger partial charge in [-0.2, -0.15) is 4.72 Å². The molecule has 4 N–H and O–H groups in total. The number of methoxy groups -OCH3 is 1. The largest absolute Gasteiger partial charge is 0.497 e. The first-order valence-corrected chi connectivity index (χ1v) is 22.2. The number of hydrogen-bond acceptors (Lipinski definition) is 12. The standard InChI is InChI=1S/C43H53N5O11S/c1-42(2,3)59-41(52)45-31-11-9-7-5-6-8-10-26-22-43(26,40(51)47-60(53,54)29-14-15-29)46-38(49)34-20-28(23-48(34)39(31)50)58-36-21-32(25-12-17-35-37(18-25)57-24-56-35)44-33-19-27(55-4)13-16-30(33)36/h8,10,12-13,16-19,21,26,28-29,31,34,40,47,51H,5-7,9,11,14-15,20,22-24H2,1-4H3,(H,45,52)(H,46,49)/b10-8-/t26-,28-,31+,34+,40?,43-/m1/s1. The quantitative estimate of drug-likeness (QED) is 0.171. The number of aliphatic hydroxyl groups is 1. The number of aromatic nitrogens is 1. The number of carbonyl (C=O) groups is 3. The van der Waals surface area contributed by atoms with Gasteiger partial charge in [0.05, 0.1) is 35.7 Å². The average molecular weight is 848 g/mol. The number of amides is 3. The minimum Gasteiger partial charge on any atom is -0.497 e. The number of sulfonamides is 1. The Labute approximate surface area is 349 Å². The molecule has 2 aromatic carbocycles. The Balaban J connectivity index is 1.13. The van der Waals surface area contributed by atoms with E-state index < -0.39 is 68.7 Å². The summed E-state index contributed by atoms with van der Waals surface area (Å²) in [4.78, 5) is 48.8.